The first-order valence-electron chi connectivity index (χ1n) is 7.90. The largest absolute Gasteiger partial charge is 0.418 e. The number of pyridine rings is 1. The molecule has 8 heteroatoms. The molecule has 1 aromatic heterocycles. The number of hydrogen-bond acceptors (Lipinski definition) is 4. The number of rotatable bonds is 4. The molecule has 0 aliphatic heterocycles. The summed E-state index contributed by atoms with van der Waals surface area (Å²) in [5.41, 5.74) is 1.18. The lowest BCUT2D eigenvalue weighted by atomic mass is 10.1. The first kappa shape index (κ1) is 18.3. The van der Waals surface area contributed by atoms with Gasteiger partial charge in [-0.05, 0) is 43.0 Å². The number of nitrogens with zero attached hydrogens (tertiary/aromatic N) is 2. The molecule has 134 valence electrons. The SMILES string of the molecule is N#Cc1cc2c(nc1SCC(=O)Nc1ccccc1C(F)(F)F)CCC2. The smallest absolute Gasteiger partial charge is 0.325 e. The second-order valence-electron chi connectivity index (χ2n) is 5.79. The number of aryl methyl sites for hydroxylation is 2. The summed E-state index contributed by atoms with van der Waals surface area (Å²) in [6, 6.07) is 8.66. The van der Waals surface area contributed by atoms with Crippen LogP contribution in [0.4, 0.5) is 18.9 Å². The van der Waals surface area contributed by atoms with Gasteiger partial charge in [-0.15, -0.1) is 0 Å². The van der Waals surface area contributed by atoms with E-state index < -0.39 is 17.6 Å². The molecule has 3 rings (SSSR count). The molecule has 1 N–H and O–H groups in total. The summed E-state index contributed by atoms with van der Waals surface area (Å²) < 4.78 is 38.9. The predicted octanol–water partition coefficient (Wildman–Crippen LogP) is 4.19. The van der Waals surface area contributed by atoms with Gasteiger partial charge in [0.25, 0.3) is 0 Å². The zero-order chi connectivity index (χ0) is 18.7. The van der Waals surface area contributed by atoms with Gasteiger partial charge in [0.15, 0.2) is 0 Å². The van der Waals surface area contributed by atoms with E-state index in [0.717, 1.165) is 48.3 Å². The molecule has 2 aromatic rings. The van der Waals surface area contributed by atoms with Gasteiger partial charge in [-0.2, -0.15) is 18.4 Å². The molecule has 26 heavy (non-hydrogen) atoms. The van der Waals surface area contributed by atoms with Crippen molar-refractivity contribution in [2.75, 3.05) is 11.1 Å². The van der Waals surface area contributed by atoms with Gasteiger partial charge >= 0.3 is 6.18 Å². The lowest BCUT2D eigenvalue weighted by molar-refractivity contribution is -0.137. The third-order valence-electron chi connectivity index (χ3n) is 3.98. The number of aromatic nitrogens is 1. The molecule has 0 atom stereocenters. The van der Waals surface area contributed by atoms with E-state index in [1.165, 1.54) is 18.2 Å². The number of hydrogen-bond donors (Lipinski definition) is 1. The third-order valence-corrected chi connectivity index (χ3v) is 4.97. The number of halogens is 3. The van der Waals surface area contributed by atoms with Crippen molar-refractivity contribution in [2.45, 2.75) is 30.5 Å². The number of thioether (sulfide) groups is 1. The summed E-state index contributed by atoms with van der Waals surface area (Å²) in [6.45, 7) is 0. The van der Waals surface area contributed by atoms with E-state index in [-0.39, 0.29) is 11.4 Å². The summed E-state index contributed by atoms with van der Waals surface area (Å²) in [4.78, 5) is 16.5. The Bertz CT molecular complexity index is 890. The van der Waals surface area contributed by atoms with E-state index in [2.05, 4.69) is 16.4 Å². The van der Waals surface area contributed by atoms with E-state index in [0.29, 0.717) is 10.6 Å². The Morgan fingerprint density at radius 1 is 1.31 bits per heavy atom. The summed E-state index contributed by atoms with van der Waals surface area (Å²) in [7, 11) is 0. The van der Waals surface area contributed by atoms with Gasteiger partial charge in [-0.25, -0.2) is 4.98 Å². The first-order chi connectivity index (χ1) is 12.4. The molecular formula is C18H14F3N3OS. The number of nitriles is 1. The summed E-state index contributed by atoms with van der Waals surface area (Å²) in [5.74, 6) is -0.718. The highest BCUT2D eigenvalue weighted by molar-refractivity contribution is 8.00. The number of benzene rings is 1. The van der Waals surface area contributed by atoms with E-state index in [9.17, 15) is 23.2 Å². The highest BCUT2D eigenvalue weighted by Gasteiger charge is 2.33. The van der Waals surface area contributed by atoms with Crippen molar-refractivity contribution in [3.8, 4) is 6.07 Å². The number of carbonyl (C=O) groups excluding carboxylic acids is 1. The normalized spacial score (nSPS) is 13.2. The van der Waals surface area contributed by atoms with Crippen LogP contribution < -0.4 is 5.32 Å². The van der Waals surface area contributed by atoms with Crippen molar-refractivity contribution in [1.29, 1.82) is 5.26 Å². The van der Waals surface area contributed by atoms with Crippen LogP contribution in [0, 0.1) is 11.3 Å². The van der Waals surface area contributed by atoms with Crippen LogP contribution in [0.2, 0.25) is 0 Å². The second kappa shape index (κ2) is 7.38. The van der Waals surface area contributed by atoms with E-state index >= 15 is 0 Å². The number of fused-ring (bicyclic) bond motifs is 1. The Hall–Kier alpha value is -2.53. The minimum Gasteiger partial charge on any atom is -0.325 e. The fourth-order valence-corrected chi connectivity index (χ4v) is 3.58. The first-order valence-corrected chi connectivity index (χ1v) is 8.89. The zero-order valence-electron chi connectivity index (χ0n) is 13.6. The highest BCUT2D eigenvalue weighted by atomic mass is 32.2. The molecule has 0 fully saturated rings. The number of amides is 1. The van der Waals surface area contributed by atoms with Gasteiger partial charge < -0.3 is 5.32 Å². The molecule has 0 spiro atoms. The van der Waals surface area contributed by atoms with Crippen LogP contribution >= 0.6 is 11.8 Å². The second-order valence-corrected chi connectivity index (χ2v) is 6.76. The van der Waals surface area contributed by atoms with E-state index in [1.54, 1.807) is 6.07 Å². The molecule has 0 saturated heterocycles. The Morgan fingerprint density at radius 2 is 2.08 bits per heavy atom. The Kier molecular flexibility index (Phi) is 5.18. The molecule has 4 nitrogen and oxygen atoms in total. The van der Waals surface area contributed by atoms with Crippen LogP contribution in [-0.4, -0.2) is 16.6 Å². The van der Waals surface area contributed by atoms with Crippen molar-refractivity contribution >= 4 is 23.4 Å². The summed E-state index contributed by atoms with van der Waals surface area (Å²) >= 11 is 1.05. The van der Waals surface area contributed by atoms with Gasteiger partial charge in [-0.1, -0.05) is 23.9 Å². The van der Waals surface area contributed by atoms with Crippen LogP contribution in [0.1, 0.15) is 28.8 Å². The fraction of sp³-hybridized carbons (Fsp3) is 0.278. The maximum absolute atomic E-state index is 13.0. The highest BCUT2D eigenvalue weighted by Crippen LogP contribution is 2.34. The monoisotopic (exact) mass is 377 g/mol. The summed E-state index contributed by atoms with van der Waals surface area (Å²) in [5, 5.41) is 12.0. The van der Waals surface area contributed by atoms with Gasteiger partial charge in [0, 0.05) is 5.69 Å². The van der Waals surface area contributed by atoms with E-state index in [4.69, 9.17) is 0 Å². The average Bonchev–Trinajstić information content (AvgIpc) is 3.05. The minimum absolute atomic E-state index is 0.132. The molecule has 0 radical (unpaired) electrons. The molecule has 1 aliphatic carbocycles. The number of anilines is 1. The minimum atomic E-state index is -4.55. The lowest BCUT2D eigenvalue weighted by Crippen LogP contribution is -2.18. The standard InChI is InChI=1S/C18H14F3N3OS/c19-18(20,21)13-5-1-2-6-15(13)23-16(25)10-26-17-12(9-22)8-11-4-3-7-14(11)24-17/h1-2,5-6,8H,3-4,7,10H2,(H,23,25). The molecule has 1 amide bonds. The van der Waals surface area contributed by atoms with Crippen LogP contribution in [0.5, 0.6) is 0 Å². The van der Waals surface area contributed by atoms with Gasteiger partial charge in [0.2, 0.25) is 5.91 Å². The number of para-hydroxylation sites is 1. The van der Waals surface area contributed by atoms with Crippen molar-refractivity contribution in [1.82, 2.24) is 4.98 Å². The third kappa shape index (κ3) is 3.99. The van der Waals surface area contributed by atoms with Crippen molar-refractivity contribution in [3.05, 3.63) is 52.7 Å². The zero-order valence-corrected chi connectivity index (χ0v) is 14.4. The quantitative estimate of drug-likeness (QED) is 0.812. The molecule has 1 aliphatic rings. The molecule has 0 bridgehead atoms. The van der Waals surface area contributed by atoms with Gasteiger partial charge in [0.1, 0.15) is 11.1 Å². The van der Waals surface area contributed by atoms with Crippen LogP contribution in [-0.2, 0) is 23.8 Å². The molecule has 0 saturated carbocycles. The van der Waals surface area contributed by atoms with Crippen LogP contribution in [0.25, 0.3) is 0 Å². The Balaban J connectivity index is 1.70. The average molecular weight is 377 g/mol. The Labute approximate surface area is 152 Å². The van der Waals surface area contributed by atoms with Crippen molar-refractivity contribution in [3.63, 3.8) is 0 Å². The van der Waals surface area contributed by atoms with Crippen molar-refractivity contribution < 1.29 is 18.0 Å². The molecule has 1 heterocycles. The van der Waals surface area contributed by atoms with Crippen LogP contribution in [0.15, 0.2) is 35.4 Å². The predicted molar refractivity (Wildman–Crippen MR) is 91.8 cm³/mol. The molecule has 0 unspecified atom stereocenters. The van der Waals surface area contributed by atoms with Crippen LogP contribution in [0.3, 0.4) is 0 Å². The van der Waals surface area contributed by atoms with E-state index in [1.807, 2.05) is 0 Å². The number of nitrogens with one attached hydrogen (secondary N) is 1. The maximum Gasteiger partial charge on any atom is 0.418 e. The lowest BCUT2D eigenvalue weighted by Gasteiger charge is -2.13. The molecular weight excluding hydrogens is 363 g/mol. The number of alkyl halides is 3. The van der Waals surface area contributed by atoms with Gasteiger partial charge in [0.05, 0.1) is 22.6 Å². The topological polar surface area (TPSA) is 65.8 Å². The van der Waals surface area contributed by atoms with Crippen molar-refractivity contribution in [2.24, 2.45) is 0 Å². The Morgan fingerprint density at radius 3 is 2.81 bits per heavy atom. The summed E-state index contributed by atoms with van der Waals surface area (Å²) in [6.07, 6.45) is -1.85. The van der Waals surface area contributed by atoms with Gasteiger partial charge in [-0.3, -0.25) is 4.79 Å². The number of carbonyl (C=O) groups is 1. The molecule has 1 aromatic carbocycles. The fourth-order valence-electron chi connectivity index (χ4n) is 2.80. The maximum atomic E-state index is 13.0.